The minimum Gasteiger partial charge on any atom is -0.342 e. The Hall–Kier alpha value is -0.560. The molecule has 2 saturated heterocycles. The predicted octanol–water partition coefficient (Wildman–Crippen LogP) is 0.724. The van der Waals surface area contributed by atoms with Crippen LogP contribution in [0.4, 0.5) is 0 Å². The third kappa shape index (κ3) is 7.25. The third-order valence-corrected chi connectivity index (χ3v) is 4.26. The number of nitrogens with two attached hydrogens (primary N) is 1. The quantitative estimate of drug-likeness (QED) is 0.793. The summed E-state index contributed by atoms with van der Waals surface area (Å²) in [5.41, 5.74) is 5.69. The number of carbonyl (C=O) groups excluding carboxylic acids is 2. The second-order valence-electron chi connectivity index (χ2n) is 6.28. The van der Waals surface area contributed by atoms with Crippen LogP contribution in [0.1, 0.15) is 32.6 Å². The minimum atomic E-state index is -0.0893. The van der Waals surface area contributed by atoms with Gasteiger partial charge in [0, 0.05) is 51.7 Å². The molecule has 0 aromatic rings. The van der Waals surface area contributed by atoms with E-state index in [-0.39, 0.29) is 42.7 Å². The lowest BCUT2D eigenvalue weighted by molar-refractivity contribution is -0.131. The van der Waals surface area contributed by atoms with Gasteiger partial charge in [-0.1, -0.05) is 0 Å². The summed E-state index contributed by atoms with van der Waals surface area (Å²) in [5, 5.41) is 0. The first kappa shape index (κ1) is 22.4. The molecule has 1 unspecified atom stereocenters. The van der Waals surface area contributed by atoms with E-state index in [1.807, 2.05) is 16.7 Å². The molecule has 2 heterocycles. The third-order valence-electron chi connectivity index (χ3n) is 4.26. The Labute approximate surface area is 151 Å². The van der Waals surface area contributed by atoms with Crippen LogP contribution in [0, 0.1) is 0 Å². The van der Waals surface area contributed by atoms with Crippen LogP contribution in [-0.4, -0.2) is 78.4 Å². The van der Waals surface area contributed by atoms with Gasteiger partial charge in [-0.25, -0.2) is 0 Å². The predicted molar refractivity (Wildman–Crippen MR) is 96.2 cm³/mol. The van der Waals surface area contributed by atoms with Crippen LogP contribution in [0.15, 0.2) is 0 Å². The highest BCUT2D eigenvalue weighted by Crippen LogP contribution is 2.10. The van der Waals surface area contributed by atoms with E-state index in [1.165, 1.54) is 0 Å². The minimum absolute atomic E-state index is 0. The lowest BCUT2D eigenvalue weighted by atomic mass is 10.2. The average Bonchev–Trinajstić information content (AvgIpc) is 2.86. The molecule has 2 rings (SSSR count). The number of nitrogens with zero attached hydrogens (tertiary/aromatic N) is 3. The maximum Gasteiger partial charge on any atom is 0.236 e. The molecule has 8 heteroatoms. The lowest BCUT2D eigenvalue weighted by Crippen LogP contribution is -2.41. The van der Waals surface area contributed by atoms with Crippen LogP contribution in [0.2, 0.25) is 0 Å². The molecule has 2 aliphatic heterocycles. The Morgan fingerprint density at radius 2 is 1.43 bits per heavy atom. The molecule has 2 fully saturated rings. The average molecular weight is 369 g/mol. The molecule has 2 N–H and O–H groups in total. The number of hydrogen-bond donors (Lipinski definition) is 1. The van der Waals surface area contributed by atoms with Gasteiger partial charge in [-0.05, 0) is 26.2 Å². The van der Waals surface area contributed by atoms with Crippen molar-refractivity contribution in [1.82, 2.24) is 14.7 Å². The normalized spacial score (nSPS) is 20.3. The zero-order valence-electron chi connectivity index (χ0n) is 13.9. The summed E-state index contributed by atoms with van der Waals surface area (Å²) in [6.45, 7) is 7.33. The molecular weight excluding hydrogens is 339 g/mol. The van der Waals surface area contributed by atoms with Crippen LogP contribution < -0.4 is 5.73 Å². The maximum absolute atomic E-state index is 12.2. The zero-order valence-corrected chi connectivity index (χ0v) is 15.5. The first-order valence-electron chi connectivity index (χ1n) is 8.10. The van der Waals surface area contributed by atoms with Gasteiger partial charge >= 0.3 is 0 Å². The van der Waals surface area contributed by atoms with Crippen molar-refractivity contribution in [2.75, 3.05) is 45.8 Å². The van der Waals surface area contributed by atoms with Gasteiger partial charge in [0.05, 0.1) is 6.54 Å². The molecule has 2 aliphatic rings. The Balaban J connectivity index is 0.00000242. The smallest absolute Gasteiger partial charge is 0.236 e. The fourth-order valence-electron chi connectivity index (χ4n) is 3.04. The van der Waals surface area contributed by atoms with Gasteiger partial charge in [0.25, 0.3) is 0 Å². The van der Waals surface area contributed by atoms with E-state index in [0.717, 1.165) is 52.0 Å². The topological polar surface area (TPSA) is 69.9 Å². The molecule has 136 valence electrons. The van der Waals surface area contributed by atoms with Gasteiger partial charge in [-0.2, -0.15) is 0 Å². The molecule has 0 spiro atoms. The summed E-state index contributed by atoms with van der Waals surface area (Å²) in [5.74, 6) is 0.376. The molecule has 0 aromatic heterocycles. The number of carbonyl (C=O) groups is 2. The van der Waals surface area contributed by atoms with E-state index < -0.39 is 0 Å². The number of halogens is 2. The highest BCUT2D eigenvalue weighted by Gasteiger charge is 2.23. The SMILES string of the molecule is CC(N)CC(=O)N1CCCN(CC(=O)N2CCCC2)CC1.Cl.Cl. The molecule has 0 aromatic carbocycles. The van der Waals surface area contributed by atoms with E-state index in [9.17, 15) is 9.59 Å². The van der Waals surface area contributed by atoms with E-state index in [1.54, 1.807) is 0 Å². The summed E-state index contributed by atoms with van der Waals surface area (Å²) < 4.78 is 0. The first-order valence-corrected chi connectivity index (χ1v) is 8.10. The van der Waals surface area contributed by atoms with E-state index >= 15 is 0 Å². The fourth-order valence-corrected chi connectivity index (χ4v) is 3.04. The van der Waals surface area contributed by atoms with Crippen molar-refractivity contribution in [3.8, 4) is 0 Å². The Bertz CT molecular complexity index is 376. The molecule has 23 heavy (non-hydrogen) atoms. The summed E-state index contributed by atoms with van der Waals surface area (Å²) in [4.78, 5) is 30.3. The second-order valence-corrected chi connectivity index (χ2v) is 6.28. The van der Waals surface area contributed by atoms with Crippen LogP contribution in [0.3, 0.4) is 0 Å². The van der Waals surface area contributed by atoms with Crippen molar-refractivity contribution in [2.45, 2.75) is 38.6 Å². The standard InChI is InChI=1S/C15H28N4O2.2ClH/c1-13(16)11-14(20)19-8-4-5-17(9-10-19)12-15(21)18-6-2-3-7-18;;/h13H,2-12,16H2,1H3;2*1H. The molecular formula is C15H30Cl2N4O2. The molecule has 0 aliphatic carbocycles. The maximum atomic E-state index is 12.2. The van der Waals surface area contributed by atoms with Crippen LogP contribution in [0.25, 0.3) is 0 Å². The van der Waals surface area contributed by atoms with Crippen molar-refractivity contribution in [3.63, 3.8) is 0 Å². The van der Waals surface area contributed by atoms with Gasteiger partial charge in [-0.3, -0.25) is 14.5 Å². The van der Waals surface area contributed by atoms with Gasteiger partial charge in [-0.15, -0.1) is 24.8 Å². The van der Waals surface area contributed by atoms with Crippen molar-refractivity contribution in [3.05, 3.63) is 0 Å². The van der Waals surface area contributed by atoms with Crippen molar-refractivity contribution in [1.29, 1.82) is 0 Å². The molecule has 0 bridgehead atoms. The molecule has 2 amide bonds. The van der Waals surface area contributed by atoms with Crippen molar-refractivity contribution in [2.24, 2.45) is 5.73 Å². The highest BCUT2D eigenvalue weighted by molar-refractivity contribution is 5.85. The summed E-state index contributed by atoms with van der Waals surface area (Å²) >= 11 is 0. The lowest BCUT2D eigenvalue weighted by Gasteiger charge is -2.24. The van der Waals surface area contributed by atoms with Gasteiger partial charge in [0.2, 0.25) is 11.8 Å². The van der Waals surface area contributed by atoms with Gasteiger partial charge in [0.1, 0.15) is 0 Å². The van der Waals surface area contributed by atoms with E-state index in [0.29, 0.717) is 19.5 Å². The Kier molecular flexibility index (Phi) is 10.8. The largest absolute Gasteiger partial charge is 0.342 e. The Morgan fingerprint density at radius 3 is 2.04 bits per heavy atom. The van der Waals surface area contributed by atoms with Gasteiger partial charge < -0.3 is 15.5 Å². The highest BCUT2D eigenvalue weighted by atomic mass is 35.5. The van der Waals surface area contributed by atoms with E-state index in [4.69, 9.17) is 5.73 Å². The van der Waals surface area contributed by atoms with E-state index in [2.05, 4.69) is 4.90 Å². The molecule has 0 radical (unpaired) electrons. The molecule has 0 saturated carbocycles. The van der Waals surface area contributed by atoms with Crippen molar-refractivity contribution >= 4 is 36.6 Å². The van der Waals surface area contributed by atoms with Crippen LogP contribution >= 0.6 is 24.8 Å². The van der Waals surface area contributed by atoms with Crippen molar-refractivity contribution < 1.29 is 9.59 Å². The fraction of sp³-hybridized carbons (Fsp3) is 0.867. The number of rotatable bonds is 4. The summed E-state index contributed by atoms with van der Waals surface area (Å²) in [6, 6.07) is -0.0893. The first-order chi connectivity index (χ1) is 10.1. The summed E-state index contributed by atoms with van der Waals surface area (Å²) in [6.07, 6.45) is 3.60. The van der Waals surface area contributed by atoms with Gasteiger partial charge in [0.15, 0.2) is 0 Å². The second kappa shape index (κ2) is 11.1. The van der Waals surface area contributed by atoms with Crippen LogP contribution in [0.5, 0.6) is 0 Å². The molecule has 1 atom stereocenters. The monoisotopic (exact) mass is 368 g/mol. The zero-order chi connectivity index (χ0) is 15.2. The van der Waals surface area contributed by atoms with Crippen LogP contribution in [-0.2, 0) is 9.59 Å². The summed E-state index contributed by atoms with van der Waals surface area (Å²) in [7, 11) is 0. The number of hydrogen-bond acceptors (Lipinski definition) is 4. The Morgan fingerprint density at radius 1 is 0.870 bits per heavy atom. The number of likely N-dealkylation sites (tertiary alicyclic amines) is 1. The molecule has 6 nitrogen and oxygen atoms in total. The number of amides is 2.